The lowest BCUT2D eigenvalue weighted by atomic mass is 10.1. The molecule has 64 valence electrons. The van der Waals surface area contributed by atoms with Crippen LogP contribution in [0.3, 0.4) is 0 Å². The van der Waals surface area contributed by atoms with Crippen LogP contribution in [0, 0.1) is 5.92 Å². The number of nitrogens with two attached hydrogens (primary N) is 1. The zero-order valence-electron chi connectivity index (χ0n) is 7.70. The molecule has 0 saturated carbocycles. The van der Waals surface area contributed by atoms with Gasteiger partial charge in [-0.15, -0.1) is 0 Å². The lowest BCUT2D eigenvalue weighted by Crippen LogP contribution is -2.12. The molecule has 0 rings (SSSR count). The predicted molar refractivity (Wildman–Crippen MR) is 50.1 cm³/mol. The molecule has 0 radical (unpaired) electrons. The molecular formula is C8H17N3. The standard InChI is InChI=1S/C8H17N3/c1-6(2)8(11-9)5-10-7(3)4/h5-7H,9H2,1-4H3/b10-5?,11-8+. The van der Waals surface area contributed by atoms with Crippen LogP contribution in [0.1, 0.15) is 27.7 Å². The minimum absolute atomic E-state index is 0.311. The second kappa shape index (κ2) is 4.88. The Morgan fingerprint density at radius 2 is 1.82 bits per heavy atom. The highest BCUT2D eigenvalue weighted by Gasteiger charge is 2.00. The average molecular weight is 155 g/mol. The van der Waals surface area contributed by atoms with E-state index in [0.717, 1.165) is 5.71 Å². The highest BCUT2D eigenvalue weighted by Crippen LogP contribution is 1.94. The van der Waals surface area contributed by atoms with Crippen molar-refractivity contribution in [2.45, 2.75) is 33.7 Å². The summed E-state index contributed by atoms with van der Waals surface area (Å²) in [5.74, 6) is 5.51. The molecule has 0 aliphatic rings. The van der Waals surface area contributed by atoms with Crippen LogP contribution < -0.4 is 5.84 Å². The molecule has 0 heterocycles. The van der Waals surface area contributed by atoms with E-state index in [1.165, 1.54) is 0 Å². The number of aliphatic imine (C=N–C) groups is 1. The predicted octanol–water partition coefficient (Wildman–Crippen LogP) is 1.44. The molecule has 11 heavy (non-hydrogen) atoms. The van der Waals surface area contributed by atoms with E-state index in [1.807, 2.05) is 27.7 Å². The zero-order valence-corrected chi connectivity index (χ0v) is 7.70. The SMILES string of the molecule is CC(C)N=C/C(=N\N)C(C)C. The van der Waals surface area contributed by atoms with Crippen molar-refractivity contribution in [3.63, 3.8) is 0 Å². The van der Waals surface area contributed by atoms with Crippen LogP contribution in [0.15, 0.2) is 10.1 Å². The Bertz CT molecular complexity index is 157. The maximum atomic E-state index is 5.16. The van der Waals surface area contributed by atoms with E-state index in [9.17, 15) is 0 Å². The minimum Gasteiger partial charge on any atom is -0.323 e. The summed E-state index contributed by atoms with van der Waals surface area (Å²) < 4.78 is 0. The molecule has 0 bridgehead atoms. The van der Waals surface area contributed by atoms with Gasteiger partial charge in [-0.2, -0.15) is 5.10 Å². The van der Waals surface area contributed by atoms with Gasteiger partial charge in [0.05, 0.1) is 5.71 Å². The fourth-order valence-electron chi connectivity index (χ4n) is 0.557. The third-order valence-electron chi connectivity index (χ3n) is 1.25. The molecule has 2 N–H and O–H groups in total. The van der Waals surface area contributed by atoms with Gasteiger partial charge in [0.25, 0.3) is 0 Å². The van der Waals surface area contributed by atoms with Crippen molar-refractivity contribution >= 4 is 11.9 Å². The second-order valence-corrected chi connectivity index (χ2v) is 3.08. The first-order valence-electron chi connectivity index (χ1n) is 3.88. The summed E-state index contributed by atoms with van der Waals surface area (Å²) in [7, 11) is 0. The molecule has 0 aliphatic heterocycles. The van der Waals surface area contributed by atoms with Crippen molar-refractivity contribution in [3.05, 3.63) is 0 Å². The summed E-state index contributed by atoms with van der Waals surface area (Å²) in [6.45, 7) is 8.12. The molecule has 0 amide bonds. The maximum absolute atomic E-state index is 5.16. The first-order valence-corrected chi connectivity index (χ1v) is 3.88. The summed E-state index contributed by atoms with van der Waals surface area (Å²) >= 11 is 0. The molecule has 0 atom stereocenters. The summed E-state index contributed by atoms with van der Waals surface area (Å²) in [5, 5.41) is 3.63. The van der Waals surface area contributed by atoms with E-state index in [-0.39, 0.29) is 0 Å². The highest BCUT2D eigenvalue weighted by molar-refractivity contribution is 6.31. The Balaban J connectivity index is 4.10. The van der Waals surface area contributed by atoms with Crippen LogP contribution in [-0.4, -0.2) is 18.0 Å². The number of hydrogen-bond acceptors (Lipinski definition) is 3. The van der Waals surface area contributed by atoms with Crippen molar-refractivity contribution in [3.8, 4) is 0 Å². The minimum atomic E-state index is 0.311. The Morgan fingerprint density at radius 3 is 2.09 bits per heavy atom. The summed E-state index contributed by atoms with van der Waals surface area (Å²) in [5.41, 5.74) is 0.846. The van der Waals surface area contributed by atoms with Gasteiger partial charge >= 0.3 is 0 Å². The van der Waals surface area contributed by atoms with Gasteiger partial charge in [-0.25, -0.2) is 0 Å². The zero-order chi connectivity index (χ0) is 8.85. The number of nitrogens with zero attached hydrogens (tertiary/aromatic N) is 2. The first-order chi connectivity index (χ1) is 5.07. The van der Waals surface area contributed by atoms with E-state index < -0.39 is 0 Å². The second-order valence-electron chi connectivity index (χ2n) is 3.08. The number of rotatable bonds is 3. The van der Waals surface area contributed by atoms with Crippen LogP contribution in [0.4, 0.5) is 0 Å². The Hall–Kier alpha value is -0.860. The van der Waals surface area contributed by atoms with Crippen LogP contribution in [0.2, 0.25) is 0 Å². The van der Waals surface area contributed by atoms with Crippen LogP contribution in [-0.2, 0) is 0 Å². The third-order valence-corrected chi connectivity index (χ3v) is 1.25. The number of hydrogen-bond donors (Lipinski definition) is 1. The van der Waals surface area contributed by atoms with E-state index in [1.54, 1.807) is 6.21 Å². The van der Waals surface area contributed by atoms with Gasteiger partial charge in [0, 0.05) is 12.3 Å². The average Bonchev–Trinajstić information content (AvgIpc) is 1.87. The monoisotopic (exact) mass is 155 g/mol. The van der Waals surface area contributed by atoms with Crippen LogP contribution >= 0.6 is 0 Å². The molecule has 0 aromatic carbocycles. The molecule has 0 aromatic heterocycles. The quantitative estimate of drug-likeness (QED) is 0.374. The molecule has 0 spiro atoms. The van der Waals surface area contributed by atoms with Gasteiger partial charge in [-0.05, 0) is 19.8 Å². The molecule has 0 saturated heterocycles. The van der Waals surface area contributed by atoms with Gasteiger partial charge in [-0.1, -0.05) is 13.8 Å². The van der Waals surface area contributed by atoms with Crippen LogP contribution in [0.25, 0.3) is 0 Å². The Kier molecular flexibility index (Phi) is 4.50. The molecule has 0 aliphatic carbocycles. The lowest BCUT2D eigenvalue weighted by Gasteiger charge is -2.02. The fourth-order valence-corrected chi connectivity index (χ4v) is 0.557. The van der Waals surface area contributed by atoms with Gasteiger partial charge in [0.15, 0.2) is 0 Å². The molecule has 3 heteroatoms. The molecule has 0 fully saturated rings. The number of hydrazone groups is 1. The van der Waals surface area contributed by atoms with Gasteiger partial charge in [-0.3, -0.25) is 4.99 Å². The highest BCUT2D eigenvalue weighted by atomic mass is 15.1. The maximum Gasteiger partial charge on any atom is 0.0803 e. The van der Waals surface area contributed by atoms with E-state index in [0.29, 0.717) is 12.0 Å². The summed E-state index contributed by atoms with van der Waals surface area (Å²) in [6.07, 6.45) is 1.75. The Morgan fingerprint density at radius 1 is 1.27 bits per heavy atom. The van der Waals surface area contributed by atoms with Crippen molar-refractivity contribution in [2.75, 3.05) is 0 Å². The van der Waals surface area contributed by atoms with Crippen LogP contribution in [0.5, 0.6) is 0 Å². The van der Waals surface area contributed by atoms with Crippen molar-refractivity contribution in [1.29, 1.82) is 0 Å². The molecule has 0 unspecified atom stereocenters. The fraction of sp³-hybridized carbons (Fsp3) is 0.750. The normalized spacial score (nSPS) is 13.8. The van der Waals surface area contributed by atoms with Gasteiger partial charge in [0.1, 0.15) is 0 Å². The van der Waals surface area contributed by atoms with Crippen molar-refractivity contribution in [2.24, 2.45) is 21.9 Å². The lowest BCUT2D eigenvalue weighted by molar-refractivity contribution is 0.837. The topological polar surface area (TPSA) is 50.7 Å². The molecule has 3 nitrogen and oxygen atoms in total. The van der Waals surface area contributed by atoms with E-state index >= 15 is 0 Å². The van der Waals surface area contributed by atoms with E-state index in [2.05, 4.69) is 10.1 Å². The molecule has 0 aromatic rings. The van der Waals surface area contributed by atoms with Gasteiger partial charge in [0.2, 0.25) is 0 Å². The Labute approximate surface area is 68.4 Å². The van der Waals surface area contributed by atoms with E-state index in [4.69, 9.17) is 5.84 Å². The first kappa shape index (κ1) is 10.1. The van der Waals surface area contributed by atoms with Gasteiger partial charge < -0.3 is 5.84 Å². The smallest absolute Gasteiger partial charge is 0.0803 e. The molecular weight excluding hydrogens is 138 g/mol. The van der Waals surface area contributed by atoms with Crippen molar-refractivity contribution in [1.82, 2.24) is 0 Å². The summed E-state index contributed by atoms with van der Waals surface area (Å²) in [4.78, 5) is 4.18. The van der Waals surface area contributed by atoms with Crippen molar-refractivity contribution < 1.29 is 0 Å². The third kappa shape index (κ3) is 4.53. The largest absolute Gasteiger partial charge is 0.323 e. The summed E-state index contributed by atoms with van der Waals surface area (Å²) in [6, 6.07) is 0.311.